The van der Waals surface area contributed by atoms with E-state index in [1.54, 1.807) is 12.1 Å². The van der Waals surface area contributed by atoms with Crippen LogP contribution in [0.1, 0.15) is 86.1 Å². The van der Waals surface area contributed by atoms with Gasteiger partial charge in [-0.3, -0.25) is 9.13 Å². The molecule has 0 radical (unpaired) electrons. The fourth-order valence-corrected chi connectivity index (χ4v) is 5.60. The number of hydrogen-bond acceptors (Lipinski definition) is 2. The van der Waals surface area contributed by atoms with Crippen molar-refractivity contribution in [2.45, 2.75) is 85.2 Å². The van der Waals surface area contributed by atoms with Crippen molar-refractivity contribution in [2.75, 3.05) is 0 Å². The second kappa shape index (κ2) is 11.8. The zero-order valence-corrected chi connectivity index (χ0v) is 22.0. The minimum atomic E-state index is -0.930. The van der Waals surface area contributed by atoms with Crippen molar-refractivity contribution in [3.05, 3.63) is 81.5 Å². The Morgan fingerprint density at radius 1 is 1.00 bits per heavy atom. The van der Waals surface area contributed by atoms with Gasteiger partial charge in [0, 0.05) is 17.9 Å². The maximum absolute atomic E-state index is 13.6. The lowest BCUT2D eigenvalue weighted by molar-refractivity contribution is 0.0697. The number of aromatic nitrogens is 2. The minimum Gasteiger partial charge on any atom is -0.478 e. The van der Waals surface area contributed by atoms with Gasteiger partial charge < -0.3 is 5.11 Å². The summed E-state index contributed by atoms with van der Waals surface area (Å²) in [6.45, 7) is 7.91. The molecule has 0 amide bonds. The molecule has 5 heteroatoms. The number of nitrogens with zero attached hydrogens (tertiary/aromatic N) is 2. The number of hydrogen-bond donors (Lipinski definition) is 1. The smallest absolute Gasteiger partial charge is 0.336 e. The third-order valence-corrected chi connectivity index (χ3v) is 7.82. The molecule has 1 saturated carbocycles. The summed E-state index contributed by atoms with van der Waals surface area (Å²) < 4.78 is 3.99. The van der Waals surface area contributed by atoms with Crippen molar-refractivity contribution < 1.29 is 9.90 Å². The van der Waals surface area contributed by atoms with Crippen molar-refractivity contribution >= 4 is 5.97 Å². The van der Waals surface area contributed by atoms with Crippen LogP contribution in [0.4, 0.5) is 0 Å². The summed E-state index contributed by atoms with van der Waals surface area (Å²) >= 11 is 0. The molecule has 1 fully saturated rings. The first kappa shape index (κ1) is 26.0. The molecule has 2 aromatic carbocycles. The number of aromatic carboxylic acids is 1. The van der Waals surface area contributed by atoms with E-state index >= 15 is 0 Å². The largest absolute Gasteiger partial charge is 0.478 e. The lowest BCUT2D eigenvalue weighted by Gasteiger charge is -2.21. The molecule has 5 nitrogen and oxygen atoms in total. The van der Waals surface area contributed by atoms with Gasteiger partial charge in [0.15, 0.2) is 0 Å². The van der Waals surface area contributed by atoms with Gasteiger partial charge in [-0.25, -0.2) is 9.59 Å². The molecule has 3 aromatic rings. The maximum Gasteiger partial charge on any atom is 0.336 e. The van der Waals surface area contributed by atoms with Crippen LogP contribution in [-0.2, 0) is 19.5 Å². The van der Waals surface area contributed by atoms with Crippen LogP contribution in [0.3, 0.4) is 0 Å². The van der Waals surface area contributed by atoms with Crippen LogP contribution in [0.25, 0.3) is 11.1 Å². The SMILES string of the molecule is Cc1c(CCC(C)C)n(Cc2ccc(-c3ccccc3C(=O)O)cc2)c(=O)n1CCC1CCCCC1. The predicted molar refractivity (Wildman–Crippen MR) is 146 cm³/mol. The third-order valence-electron chi connectivity index (χ3n) is 7.82. The molecule has 1 aliphatic rings. The molecule has 0 unspecified atom stereocenters. The van der Waals surface area contributed by atoms with Crippen molar-refractivity contribution in [1.29, 1.82) is 0 Å². The summed E-state index contributed by atoms with van der Waals surface area (Å²) in [7, 11) is 0. The van der Waals surface area contributed by atoms with Gasteiger partial charge in [-0.1, -0.05) is 88.4 Å². The Bertz CT molecular complexity index is 1230. The van der Waals surface area contributed by atoms with Gasteiger partial charge in [-0.05, 0) is 60.8 Å². The van der Waals surface area contributed by atoms with Crippen LogP contribution in [0.15, 0.2) is 53.3 Å². The highest BCUT2D eigenvalue weighted by Crippen LogP contribution is 2.27. The van der Waals surface area contributed by atoms with E-state index in [0.717, 1.165) is 54.2 Å². The summed E-state index contributed by atoms with van der Waals surface area (Å²) in [5.41, 5.74) is 5.27. The zero-order chi connectivity index (χ0) is 25.7. The van der Waals surface area contributed by atoms with Crippen LogP contribution in [0.5, 0.6) is 0 Å². The normalized spacial score (nSPS) is 14.4. The minimum absolute atomic E-state index is 0.0994. The van der Waals surface area contributed by atoms with Crippen LogP contribution < -0.4 is 5.69 Å². The van der Waals surface area contributed by atoms with E-state index in [1.165, 1.54) is 32.1 Å². The standard InChI is InChI=1S/C31H40N2O3/c1-22(2)13-18-29-23(3)32(20-19-24-9-5-4-6-10-24)31(36)33(29)21-25-14-16-26(17-15-25)27-11-7-8-12-28(27)30(34)35/h7-8,11-12,14-17,22,24H,4-6,9-10,13,18-21H2,1-3H3,(H,34,35). The van der Waals surface area contributed by atoms with Crippen molar-refractivity contribution in [3.63, 3.8) is 0 Å². The molecule has 4 rings (SSSR count). The van der Waals surface area contributed by atoms with Gasteiger partial charge in [0.25, 0.3) is 0 Å². The monoisotopic (exact) mass is 488 g/mol. The molecule has 36 heavy (non-hydrogen) atoms. The van der Waals surface area contributed by atoms with Gasteiger partial charge in [-0.2, -0.15) is 0 Å². The lowest BCUT2D eigenvalue weighted by atomic mass is 9.87. The number of rotatable bonds is 10. The first-order valence-electron chi connectivity index (χ1n) is 13.6. The number of imidazole rings is 1. The van der Waals surface area contributed by atoms with Crippen LogP contribution >= 0.6 is 0 Å². The van der Waals surface area contributed by atoms with E-state index < -0.39 is 5.97 Å². The van der Waals surface area contributed by atoms with Crippen LogP contribution in [-0.4, -0.2) is 20.2 Å². The van der Waals surface area contributed by atoms with Crippen molar-refractivity contribution in [2.24, 2.45) is 11.8 Å². The molecular weight excluding hydrogens is 448 g/mol. The van der Waals surface area contributed by atoms with Gasteiger partial charge in [-0.15, -0.1) is 0 Å². The maximum atomic E-state index is 13.6. The zero-order valence-electron chi connectivity index (χ0n) is 22.0. The van der Waals surface area contributed by atoms with Crippen LogP contribution in [0.2, 0.25) is 0 Å². The summed E-state index contributed by atoms with van der Waals surface area (Å²) in [4.78, 5) is 25.2. The van der Waals surface area contributed by atoms with Gasteiger partial charge in [0.1, 0.15) is 0 Å². The summed E-state index contributed by atoms with van der Waals surface area (Å²) in [6.07, 6.45) is 9.64. The Hall–Kier alpha value is -3.08. The number of carbonyl (C=O) groups is 1. The second-order valence-electron chi connectivity index (χ2n) is 10.8. The Balaban J connectivity index is 1.59. The van der Waals surface area contributed by atoms with Gasteiger partial charge >= 0.3 is 11.7 Å². The molecular formula is C31H40N2O3. The first-order valence-corrected chi connectivity index (χ1v) is 13.6. The molecule has 1 N–H and O–H groups in total. The lowest BCUT2D eigenvalue weighted by Crippen LogP contribution is -2.27. The molecule has 0 atom stereocenters. The average Bonchev–Trinajstić information content (AvgIpc) is 3.10. The van der Waals surface area contributed by atoms with E-state index in [4.69, 9.17) is 0 Å². The summed E-state index contributed by atoms with van der Waals surface area (Å²) in [6, 6.07) is 15.0. The van der Waals surface area contributed by atoms with Crippen LogP contribution in [0, 0.1) is 18.8 Å². The fourth-order valence-electron chi connectivity index (χ4n) is 5.60. The van der Waals surface area contributed by atoms with E-state index in [-0.39, 0.29) is 5.69 Å². The van der Waals surface area contributed by atoms with E-state index in [9.17, 15) is 14.7 Å². The topological polar surface area (TPSA) is 64.2 Å². The Labute approximate surface area is 214 Å². The molecule has 1 aliphatic carbocycles. The fraction of sp³-hybridized carbons (Fsp3) is 0.484. The second-order valence-corrected chi connectivity index (χ2v) is 10.8. The number of benzene rings is 2. The molecule has 1 aromatic heterocycles. The molecule has 1 heterocycles. The van der Waals surface area contributed by atoms with Crippen molar-refractivity contribution in [3.8, 4) is 11.1 Å². The van der Waals surface area contributed by atoms with Gasteiger partial charge in [0.05, 0.1) is 12.1 Å². The summed E-state index contributed by atoms with van der Waals surface area (Å²) in [5, 5.41) is 9.54. The Kier molecular flexibility index (Phi) is 8.50. The molecule has 192 valence electrons. The van der Waals surface area contributed by atoms with E-state index in [1.807, 2.05) is 45.5 Å². The number of carboxylic acids is 1. The molecule has 0 saturated heterocycles. The Morgan fingerprint density at radius 3 is 2.36 bits per heavy atom. The highest BCUT2D eigenvalue weighted by molar-refractivity contribution is 5.95. The Morgan fingerprint density at radius 2 is 1.69 bits per heavy atom. The predicted octanol–water partition coefficient (Wildman–Crippen LogP) is 6.93. The highest BCUT2D eigenvalue weighted by Gasteiger charge is 2.20. The first-order chi connectivity index (χ1) is 17.3. The summed E-state index contributed by atoms with van der Waals surface area (Å²) in [5.74, 6) is 0.391. The third kappa shape index (κ3) is 6.00. The molecule has 0 bridgehead atoms. The number of carboxylic acid groups (broad SMARTS) is 1. The molecule has 0 spiro atoms. The quantitative estimate of drug-likeness (QED) is 0.336. The molecule has 0 aliphatic heterocycles. The van der Waals surface area contributed by atoms with Gasteiger partial charge in [0.2, 0.25) is 0 Å². The van der Waals surface area contributed by atoms with E-state index in [2.05, 4.69) is 20.8 Å². The van der Waals surface area contributed by atoms with E-state index in [0.29, 0.717) is 23.6 Å². The van der Waals surface area contributed by atoms with Crippen molar-refractivity contribution in [1.82, 2.24) is 9.13 Å². The average molecular weight is 489 g/mol. The highest BCUT2D eigenvalue weighted by atomic mass is 16.4.